The predicted octanol–water partition coefficient (Wildman–Crippen LogP) is 1.88. The van der Waals surface area contributed by atoms with Crippen LogP contribution in [0, 0.1) is 13.8 Å². The van der Waals surface area contributed by atoms with E-state index in [0.717, 1.165) is 29.1 Å². The molecule has 0 bridgehead atoms. The Balaban J connectivity index is 2.93. The van der Waals surface area contributed by atoms with E-state index in [1.54, 1.807) is 19.1 Å². The number of nitrogens with one attached hydrogen (secondary N) is 1. The summed E-state index contributed by atoms with van der Waals surface area (Å²) in [5, 5.41) is 3.03. The molecule has 0 atom stereocenters. The maximum absolute atomic E-state index is 11.9. The number of aryl methyl sites for hydroxylation is 2. The number of carbonyl (C=O) groups is 1. The van der Waals surface area contributed by atoms with Crippen molar-refractivity contribution in [2.75, 3.05) is 32.1 Å². The normalized spacial score (nSPS) is 10.3. The average Bonchev–Trinajstić information content (AvgIpc) is 2.34. The fraction of sp³-hybridized carbons (Fsp3) is 0.500. The SMILES string of the molecule is CCNCC(=O)N(C)c1cc(C)c(OC)c(C)c1. The molecule has 1 N–H and O–H groups in total. The number of ether oxygens (including phenoxy) is 1. The summed E-state index contributed by atoms with van der Waals surface area (Å²) in [6, 6.07) is 3.94. The largest absolute Gasteiger partial charge is 0.496 e. The molecule has 0 fully saturated rings. The van der Waals surface area contributed by atoms with Crippen LogP contribution in [0.4, 0.5) is 5.69 Å². The Kier molecular flexibility index (Phi) is 5.16. The molecule has 1 amide bonds. The van der Waals surface area contributed by atoms with Gasteiger partial charge in [-0.25, -0.2) is 0 Å². The first-order valence-electron chi connectivity index (χ1n) is 6.13. The highest BCUT2D eigenvalue weighted by Crippen LogP contribution is 2.28. The molecule has 100 valence electrons. The molecular formula is C14H22N2O2. The van der Waals surface area contributed by atoms with Crippen LogP contribution >= 0.6 is 0 Å². The summed E-state index contributed by atoms with van der Waals surface area (Å²) in [6.07, 6.45) is 0. The molecule has 0 saturated heterocycles. The van der Waals surface area contributed by atoms with Gasteiger partial charge in [-0.3, -0.25) is 4.79 Å². The van der Waals surface area contributed by atoms with Gasteiger partial charge in [0, 0.05) is 12.7 Å². The Morgan fingerprint density at radius 3 is 2.33 bits per heavy atom. The molecule has 18 heavy (non-hydrogen) atoms. The Bertz CT molecular complexity index is 407. The Morgan fingerprint density at radius 2 is 1.89 bits per heavy atom. The lowest BCUT2D eigenvalue weighted by Gasteiger charge is -2.20. The highest BCUT2D eigenvalue weighted by atomic mass is 16.5. The van der Waals surface area contributed by atoms with Crippen molar-refractivity contribution in [1.82, 2.24) is 5.32 Å². The quantitative estimate of drug-likeness (QED) is 0.867. The number of methoxy groups -OCH3 is 1. The van der Waals surface area contributed by atoms with Crippen LogP contribution in [0.2, 0.25) is 0 Å². The van der Waals surface area contributed by atoms with Crippen molar-refractivity contribution in [3.8, 4) is 5.75 Å². The molecule has 0 radical (unpaired) electrons. The fourth-order valence-corrected chi connectivity index (χ4v) is 1.94. The minimum atomic E-state index is 0.0563. The smallest absolute Gasteiger partial charge is 0.240 e. The topological polar surface area (TPSA) is 41.6 Å². The molecule has 0 aromatic heterocycles. The fourth-order valence-electron chi connectivity index (χ4n) is 1.94. The molecule has 1 aromatic carbocycles. The van der Waals surface area contributed by atoms with Crippen molar-refractivity contribution in [3.63, 3.8) is 0 Å². The van der Waals surface area contributed by atoms with Crippen molar-refractivity contribution in [2.24, 2.45) is 0 Å². The van der Waals surface area contributed by atoms with Crippen LogP contribution in [-0.2, 0) is 4.79 Å². The molecule has 0 aliphatic heterocycles. The van der Waals surface area contributed by atoms with Gasteiger partial charge in [-0.1, -0.05) is 6.92 Å². The second-order valence-electron chi connectivity index (χ2n) is 4.35. The zero-order chi connectivity index (χ0) is 13.7. The number of carbonyl (C=O) groups excluding carboxylic acids is 1. The molecule has 0 heterocycles. The number of hydrogen-bond acceptors (Lipinski definition) is 3. The molecule has 0 aliphatic carbocycles. The molecular weight excluding hydrogens is 228 g/mol. The maximum Gasteiger partial charge on any atom is 0.240 e. The van der Waals surface area contributed by atoms with Gasteiger partial charge in [0.15, 0.2) is 0 Å². The monoisotopic (exact) mass is 250 g/mol. The van der Waals surface area contributed by atoms with Gasteiger partial charge in [-0.15, -0.1) is 0 Å². The Hall–Kier alpha value is -1.55. The van der Waals surface area contributed by atoms with E-state index in [1.165, 1.54) is 0 Å². The zero-order valence-corrected chi connectivity index (χ0v) is 11.8. The van der Waals surface area contributed by atoms with Gasteiger partial charge >= 0.3 is 0 Å². The van der Waals surface area contributed by atoms with Crippen LogP contribution in [0.1, 0.15) is 18.1 Å². The van der Waals surface area contributed by atoms with Gasteiger partial charge in [0.2, 0.25) is 5.91 Å². The van der Waals surface area contributed by atoms with E-state index in [4.69, 9.17) is 4.74 Å². The Morgan fingerprint density at radius 1 is 1.33 bits per heavy atom. The van der Waals surface area contributed by atoms with Crippen molar-refractivity contribution >= 4 is 11.6 Å². The third kappa shape index (κ3) is 3.23. The molecule has 0 saturated carbocycles. The average molecular weight is 250 g/mol. The molecule has 4 heteroatoms. The summed E-state index contributed by atoms with van der Waals surface area (Å²) in [6.45, 7) is 7.10. The molecule has 1 rings (SSSR count). The first-order valence-corrected chi connectivity index (χ1v) is 6.13. The van der Waals surface area contributed by atoms with Crippen molar-refractivity contribution in [2.45, 2.75) is 20.8 Å². The summed E-state index contributed by atoms with van der Waals surface area (Å²) < 4.78 is 5.32. The molecule has 0 unspecified atom stereocenters. The summed E-state index contributed by atoms with van der Waals surface area (Å²) in [7, 11) is 3.45. The number of rotatable bonds is 5. The van der Waals surface area contributed by atoms with Gasteiger partial charge < -0.3 is 15.0 Å². The minimum Gasteiger partial charge on any atom is -0.496 e. The maximum atomic E-state index is 11.9. The van der Waals surface area contributed by atoms with E-state index in [1.807, 2.05) is 32.9 Å². The van der Waals surface area contributed by atoms with Crippen LogP contribution in [-0.4, -0.2) is 33.2 Å². The third-order valence-corrected chi connectivity index (χ3v) is 2.94. The van der Waals surface area contributed by atoms with E-state index in [2.05, 4.69) is 5.32 Å². The van der Waals surface area contributed by atoms with E-state index in [0.29, 0.717) is 6.54 Å². The second kappa shape index (κ2) is 6.40. The van der Waals surface area contributed by atoms with Crippen LogP contribution < -0.4 is 15.0 Å². The molecule has 1 aromatic rings. The van der Waals surface area contributed by atoms with Crippen LogP contribution in [0.5, 0.6) is 5.75 Å². The van der Waals surface area contributed by atoms with E-state index in [9.17, 15) is 4.79 Å². The van der Waals surface area contributed by atoms with E-state index < -0.39 is 0 Å². The van der Waals surface area contributed by atoms with Crippen molar-refractivity contribution in [3.05, 3.63) is 23.3 Å². The lowest BCUT2D eigenvalue weighted by molar-refractivity contribution is -0.117. The summed E-state index contributed by atoms with van der Waals surface area (Å²) >= 11 is 0. The highest BCUT2D eigenvalue weighted by Gasteiger charge is 2.13. The van der Waals surface area contributed by atoms with Gasteiger partial charge in [-0.2, -0.15) is 0 Å². The lowest BCUT2D eigenvalue weighted by atomic mass is 10.1. The summed E-state index contributed by atoms with van der Waals surface area (Å²) in [4.78, 5) is 13.6. The van der Waals surface area contributed by atoms with Crippen LogP contribution in [0.15, 0.2) is 12.1 Å². The molecule has 4 nitrogen and oxygen atoms in total. The van der Waals surface area contributed by atoms with Crippen LogP contribution in [0.25, 0.3) is 0 Å². The standard InChI is InChI=1S/C14H22N2O2/c1-6-15-9-13(17)16(4)12-7-10(2)14(18-5)11(3)8-12/h7-8,15H,6,9H2,1-5H3. The predicted molar refractivity (Wildman–Crippen MR) is 74.4 cm³/mol. The first-order chi connectivity index (χ1) is 8.51. The van der Waals surface area contributed by atoms with E-state index >= 15 is 0 Å². The molecule has 0 spiro atoms. The number of hydrogen-bond donors (Lipinski definition) is 1. The number of amides is 1. The minimum absolute atomic E-state index is 0.0563. The van der Waals surface area contributed by atoms with Gasteiger partial charge in [-0.05, 0) is 43.7 Å². The van der Waals surface area contributed by atoms with Gasteiger partial charge in [0.1, 0.15) is 5.75 Å². The highest BCUT2D eigenvalue weighted by molar-refractivity contribution is 5.94. The molecule has 0 aliphatic rings. The van der Waals surface area contributed by atoms with Crippen LogP contribution in [0.3, 0.4) is 0 Å². The summed E-state index contributed by atoms with van der Waals surface area (Å²) in [5.74, 6) is 0.937. The third-order valence-electron chi connectivity index (χ3n) is 2.94. The zero-order valence-electron chi connectivity index (χ0n) is 11.8. The van der Waals surface area contributed by atoms with Gasteiger partial charge in [0.05, 0.1) is 13.7 Å². The second-order valence-corrected chi connectivity index (χ2v) is 4.35. The van der Waals surface area contributed by atoms with Crippen molar-refractivity contribution in [1.29, 1.82) is 0 Å². The number of likely N-dealkylation sites (N-methyl/N-ethyl adjacent to an activating group) is 2. The Labute approximate surface area is 109 Å². The van der Waals surface area contributed by atoms with Crippen molar-refractivity contribution < 1.29 is 9.53 Å². The van der Waals surface area contributed by atoms with Gasteiger partial charge in [0.25, 0.3) is 0 Å². The number of benzene rings is 1. The number of anilines is 1. The summed E-state index contributed by atoms with van der Waals surface area (Å²) in [5.41, 5.74) is 2.97. The lowest BCUT2D eigenvalue weighted by Crippen LogP contribution is -2.35. The number of nitrogens with zero attached hydrogens (tertiary/aromatic N) is 1. The first kappa shape index (κ1) is 14.5. The van der Waals surface area contributed by atoms with E-state index in [-0.39, 0.29) is 5.91 Å².